The summed E-state index contributed by atoms with van der Waals surface area (Å²) in [7, 11) is 0. The average Bonchev–Trinajstić information content (AvgIpc) is 3.55. The maximum absolute atomic E-state index is 13.5. The number of thiophene rings is 2. The highest BCUT2D eigenvalue weighted by Gasteiger charge is 2.44. The van der Waals surface area contributed by atoms with Crippen LogP contribution in [-0.4, -0.2) is 65.1 Å². The van der Waals surface area contributed by atoms with Crippen LogP contribution in [0.1, 0.15) is 42.0 Å². The predicted octanol–water partition coefficient (Wildman–Crippen LogP) is 4.10. The lowest BCUT2D eigenvalue weighted by Gasteiger charge is -2.35. The van der Waals surface area contributed by atoms with Crippen LogP contribution < -0.4 is 0 Å². The summed E-state index contributed by atoms with van der Waals surface area (Å²) in [6.07, 6.45) is 5.46. The second kappa shape index (κ2) is 9.29. The van der Waals surface area contributed by atoms with Crippen molar-refractivity contribution in [3.05, 3.63) is 50.4 Å². The van der Waals surface area contributed by atoms with Gasteiger partial charge in [0.1, 0.15) is 0 Å². The summed E-state index contributed by atoms with van der Waals surface area (Å²) < 4.78 is 0. The predicted molar refractivity (Wildman–Crippen MR) is 130 cm³/mol. The third kappa shape index (κ3) is 4.31. The van der Waals surface area contributed by atoms with E-state index >= 15 is 0 Å². The Balaban J connectivity index is 1.38. The molecule has 2 fully saturated rings. The second-order valence-corrected chi connectivity index (χ2v) is 10.6. The number of carbonyl (C=O) groups excluding carboxylic acids is 2. The molecule has 2 unspecified atom stereocenters. The van der Waals surface area contributed by atoms with Crippen molar-refractivity contribution in [2.75, 3.05) is 32.7 Å². The van der Waals surface area contributed by atoms with Crippen LogP contribution in [0.15, 0.2) is 45.7 Å². The van der Waals surface area contributed by atoms with Gasteiger partial charge >= 0.3 is 0 Å². The van der Waals surface area contributed by atoms with E-state index in [-0.39, 0.29) is 23.8 Å². The Bertz CT molecular complexity index is 1020. The average molecular weight is 469 g/mol. The zero-order valence-corrected chi connectivity index (χ0v) is 19.9. The van der Waals surface area contributed by atoms with Crippen LogP contribution in [0, 0.1) is 5.92 Å². The summed E-state index contributed by atoms with van der Waals surface area (Å²) in [4.78, 5) is 31.5. The minimum Gasteiger partial charge on any atom is -0.340 e. The monoisotopic (exact) mass is 468 g/mol. The van der Waals surface area contributed by atoms with Gasteiger partial charge in [-0.2, -0.15) is 5.10 Å². The summed E-state index contributed by atoms with van der Waals surface area (Å²) in [5.74, 6) is 0.415. The lowest BCUT2D eigenvalue weighted by molar-refractivity contribution is -0.136. The molecule has 8 heteroatoms. The maximum atomic E-state index is 13.5. The van der Waals surface area contributed by atoms with Crippen molar-refractivity contribution in [2.24, 2.45) is 11.0 Å². The van der Waals surface area contributed by atoms with Gasteiger partial charge in [-0.05, 0) is 53.8 Å². The number of hydrazone groups is 1. The standard InChI is InChI=1S/C24H28N4O2S2/c1-17(29)27-11-9-26(10-12-27)16-22(30)28-24(21-8-4-14-32-21)20-7-2-5-18(23(20)25-28)15-19-6-3-13-31-19/h3-4,6,8,13-15,20,24H,2,5,7,9-12,16H2,1H3/b18-15-. The third-order valence-electron chi connectivity index (χ3n) is 6.63. The number of nitrogens with zero attached hydrogens (tertiary/aromatic N) is 4. The Hall–Kier alpha value is -2.29. The van der Waals surface area contributed by atoms with Crippen LogP contribution in [0.5, 0.6) is 0 Å². The number of fused-ring (bicyclic) bond motifs is 1. The first-order chi connectivity index (χ1) is 15.6. The highest BCUT2D eigenvalue weighted by atomic mass is 32.1. The van der Waals surface area contributed by atoms with Crippen LogP contribution in [0.25, 0.3) is 6.08 Å². The SMILES string of the molecule is CC(=O)N1CCN(CC(=O)N2N=C3/C(=C\c4cccs4)CCCC3C2c2cccs2)CC1. The molecule has 0 N–H and O–H groups in total. The zero-order chi connectivity index (χ0) is 22.1. The van der Waals surface area contributed by atoms with Gasteiger partial charge in [-0.1, -0.05) is 12.1 Å². The highest BCUT2D eigenvalue weighted by Crippen LogP contribution is 2.45. The van der Waals surface area contributed by atoms with E-state index < -0.39 is 0 Å². The third-order valence-corrected chi connectivity index (χ3v) is 8.39. The number of rotatable bonds is 4. The second-order valence-electron chi connectivity index (χ2n) is 8.65. The van der Waals surface area contributed by atoms with Crippen molar-refractivity contribution in [2.45, 2.75) is 32.2 Å². The normalized spacial score (nSPS) is 25.2. The molecule has 0 spiro atoms. The van der Waals surface area contributed by atoms with Gasteiger partial charge in [0, 0.05) is 48.8 Å². The lowest BCUT2D eigenvalue weighted by Crippen LogP contribution is -2.50. The molecule has 5 rings (SSSR count). The molecule has 32 heavy (non-hydrogen) atoms. The fraction of sp³-hybridized carbons (Fsp3) is 0.458. The van der Waals surface area contributed by atoms with Crippen molar-refractivity contribution in [1.29, 1.82) is 0 Å². The van der Waals surface area contributed by atoms with E-state index in [1.807, 2.05) is 4.90 Å². The van der Waals surface area contributed by atoms with E-state index in [9.17, 15) is 9.59 Å². The molecule has 2 aliphatic heterocycles. The number of piperazine rings is 1. The van der Waals surface area contributed by atoms with Gasteiger partial charge in [0.05, 0.1) is 18.3 Å². The highest BCUT2D eigenvalue weighted by molar-refractivity contribution is 7.11. The lowest BCUT2D eigenvalue weighted by atomic mass is 9.79. The van der Waals surface area contributed by atoms with Gasteiger partial charge in [0.25, 0.3) is 5.91 Å². The van der Waals surface area contributed by atoms with Crippen molar-refractivity contribution >= 4 is 46.3 Å². The van der Waals surface area contributed by atoms with E-state index in [1.54, 1.807) is 34.6 Å². The molecule has 2 atom stereocenters. The number of hydrogen-bond donors (Lipinski definition) is 0. The topological polar surface area (TPSA) is 56.2 Å². The first-order valence-electron chi connectivity index (χ1n) is 11.3. The van der Waals surface area contributed by atoms with Crippen molar-refractivity contribution < 1.29 is 9.59 Å². The number of carbonyl (C=O) groups is 2. The van der Waals surface area contributed by atoms with Gasteiger partial charge in [-0.15, -0.1) is 22.7 Å². The molecule has 1 aliphatic carbocycles. The molecule has 0 radical (unpaired) electrons. The summed E-state index contributed by atoms with van der Waals surface area (Å²) in [6, 6.07) is 8.40. The van der Waals surface area contributed by atoms with Crippen molar-refractivity contribution in [3.63, 3.8) is 0 Å². The van der Waals surface area contributed by atoms with E-state index in [0.717, 1.165) is 38.1 Å². The quantitative estimate of drug-likeness (QED) is 0.679. The van der Waals surface area contributed by atoms with E-state index in [1.165, 1.54) is 15.3 Å². The minimum atomic E-state index is -0.0111. The van der Waals surface area contributed by atoms with Gasteiger partial charge in [0.15, 0.2) is 0 Å². The summed E-state index contributed by atoms with van der Waals surface area (Å²) in [6.45, 7) is 4.78. The number of allylic oxidation sites excluding steroid dienone is 1. The Morgan fingerprint density at radius 2 is 1.91 bits per heavy atom. The van der Waals surface area contributed by atoms with Gasteiger partial charge in [-0.3, -0.25) is 14.5 Å². The summed E-state index contributed by atoms with van der Waals surface area (Å²) in [5.41, 5.74) is 2.37. The molecule has 1 saturated carbocycles. The van der Waals surface area contributed by atoms with Crippen molar-refractivity contribution in [1.82, 2.24) is 14.8 Å². The molecule has 2 amide bonds. The van der Waals surface area contributed by atoms with Crippen LogP contribution >= 0.6 is 22.7 Å². The Morgan fingerprint density at radius 1 is 1.12 bits per heavy atom. The molecule has 168 valence electrons. The number of hydrogen-bond acceptors (Lipinski definition) is 6. The van der Waals surface area contributed by atoms with Gasteiger partial charge < -0.3 is 4.90 Å². The summed E-state index contributed by atoms with van der Waals surface area (Å²) >= 11 is 3.45. The molecule has 4 heterocycles. The molecule has 0 aromatic carbocycles. The molecular weight excluding hydrogens is 440 g/mol. The molecule has 1 saturated heterocycles. The van der Waals surface area contributed by atoms with Gasteiger partial charge in [-0.25, -0.2) is 5.01 Å². The van der Waals surface area contributed by atoms with E-state index in [0.29, 0.717) is 19.6 Å². The Morgan fingerprint density at radius 3 is 2.59 bits per heavy atom. The fourth-order valence-corrected chi connectivity index (χ4v) is 6.53. The smallest absolute Gasteiger partial charge is 0.257 e. The van der Waals surface area contributed by atoms with Gasteiger partial charge in [0.2, 0.25) is 5.91 Å². The van der Waals surface area contributed by atoms with Crippen molar-refractivity contribution in [3.8, 4) is 0 Å². The maximum Gasteiger partial charge on any atom is 0.257 e. The van der Waals surface area contributed by atoms with E-state index in [2.05, 4.69) is 46.0 Å². The Kier molecular flexibility index (Phi) is 6.26. The number of amides is 2. The van der Waals surface area contributed by atoms with Crippen LogP contribution in [-0.2, 0) is 9.59 Å². The van der Waals surface area contributed by atoms with Crippen LogP contribution in [0.2, 0.25) is 0 Å². The first kappa shape index (κ1) is 21.6. The van der Waals surface area contributed by atoms with E-state index in [4.69, 9.17) is 5.10 Å². The molecule has 0 bridgehead atoms. The van der Waals surface area contributed by atoms with Crippen LogP contribution in [0.4, 0.5) is 0 Å². The fourth-order valence-electron chi connectivity index (χ4n) is 4.97. The summed E-state index contributed by atoms with van der Waals surface area (Å²) in [5, 5.41) is 10.9. The molecule has 2 aromatic heterocycles. The molecule has 3 aliphatic rings. The molecule has 6 nitrogen and oxygen atoms in total. The molecular formula is C24H28N4O2S2. The Labute approximate surface area is 196 Å². The van der Waals surface area contributed by atoms with Crippen LogP contribution in [0.3, 0.4) is 0 Å². The largest absolute Gasteiger partial charge is 0.340 e. The minimum absolute atomic E-state index is 0.0111. The first-order valence-corrected chi connectivity index (χ1v) is 13.0. The molecule has 2 aromatic rings. The zero-order valence-electron chi connectivity index (χ0n) is 18.3.